The van der Waals surface area contributed by atoms with Crippen LogP contribution in [0.15, 0.2) is 11.3 Å². The molecular weight excluding hydrogens is 355 g/mol. The second kappa shape index (κ2) is 10.6. The van der Waals surface area contributed by atoms with E-state index in [0.717, 1.165) is 31.3 Å². The van der Waals surface area contributed by atoms with Crippen molar-refractivity contribution in [3.8, 4) is 12.3 Å². The van der Waals surface area contributed by atoms with E-state index < -0.39 is 0 Å². The average Bonchev–Trinajstić information content (AvgIpc) is 2.83. The first-order valence-electron chi connectivity index (χ1n) is 6.14. The molecule has 0 aromatic carbocycles. The van der Waals surface area contributed by atoms with Gasteiger partial charge in [-0.3, -0.25) is 4.99 Å². The Kier molecular flexibility index (Phi) is 9.88. The minimum absolute atomic E-state index is 0. The van der Waals surface area contributed by atoms with Crippen molar-refractivity contribution in [2.75, 3.05) is 19.6 Å². The summed E-state index contributed by atoms with van der Waals surface area (Å²) in [7, 11) is 0. The van der Waals surface area contributed by atoms with E-state index in [2.05, 4.69) is 38.7 Å². The summed E-state index contributed by atoms with van der Waals surface area (Å²) >= 11 is 0. The molecule has 7 heteroatoms. The smallest absolute Gasteiger partial charge is 0.192 e. The molecule has 0 amide bonds. The third-order valence-corrected chi connectivity index (χ3v) is 2.32. The fourth-order valence-corrected chi connectivity index (χ4v) is 1.49. The topological polar surface area (TPSA) is 67.1 Å². The molecule has 0 bridgehead atoms. The number of terminal acetylenes is 1. The highest BCUT2D eigenvalue weighted by Gasteiger charge is 2.00. The number of aliphatic imine (C=N–C) groups is 1. The van der Waals surface area contributed by atoms with Crippen molar-refractivity contribution in [3.63, 3.8) is 0 Å². The zero-order chi connectivity index (χ0) is 13.2. The fraction of sp³-hybridized carbons (Fsp3) is 0.583. The van der Waals surface area contributed by atoms with Crippen LogP contribution in [0.1, 0.15) is 19.7 Å². The molecule has 1 aromatic heterocycles. The Labute approximate surface area is 131 Å². The minimum atomic E-state index is 0. The second-order valence-corrected chi connectivity index (χ2v) is 3.61. The van der Waals surface area contributed by atoms with E-state index in [1.165, 1.54) is 0 Å². The number of halogens is 1. The lowest BCUT2D eigenvalue weighted by atomic mass is 10.4. The van der Waals surface area contributed by atoms with Crippen molar-refractivity contribution in [2.45, 2.75) is 26.8 Å². The molecule has 106 valence electrons. The SMILES string of the molecule is C#CCNC(=NCCn1cnnc1CC)NCC.I. The molecule has 0 atom stereocenters. The van der Waals surface area contributed by atoms with E-state index in [4.69, 9.17) is 6.42 Å². The third kappa shape index (κ3) is 6.42. The zero-order valence-electron chi connectivity index (χ0n) is 11.4. The molecule has 0 aliphatic carbocycles. The molecule has 1 aromatic rings. The number of rotatable bonds is 6. The Morgan fingerprint density at radius 3 is 2.89 bits per heavy atom. The maximum Gasteiger partial charge on any atom is 0.192 e. The first kappa shape index (κ1) is 17.7. The van der Waals surface area contributed by atoms with Gasteiger partial charge in [0.05, 0.1) is 13.1 Å². The van der Waals surface area contributed by atoms with Crippen molar-refractivity contribution in [2.24, 2.45) is 4.99 Å². The number of aromatic nitrogens is 3. The van der Waals surface area contributed by atoms with Gasteiger partial charge < -0.3 is 15.2 Å². The second-order valence-electron chi connectivity index (χ2n) is 3.61. The monoisotopic (exact) mass is 376 g/mol. The van der Waals surface area contributed by atoms with Crippen LogP contribution >= 0.6 is 24.0 Å². The maximum absolute atomic E-state index is 5.20. The Bertz CT molecular complexity index is 420. The van der Waals surface area contributed by atoms with Gasteiger partial charge in [-0.25, -0.2) is 0 Å². The molecule has 0 spiro atoms. The average molecular weight is 376 g/mol. The van der Waals surface area contributed by atoms with E-state index in [0.29, 0.717) is 13.1 Å². The Hall–Kier alpha value is -1.30. The van der Waals surface area contributed by atoms with Gasteiger partial charge in [0.15, 0.2) is 5.96 Å². The third-order valence-electron chi connectivity index (χ3n) is 2.32. The summed E-state index contributed by atoms with van der Waals surface area (Å²) in [6.07, 6.45) is 7.81. The van der Waals surface area contributed by atoms with Gasteiger partial charge in [-0.2, -0.15) is 0 Å². The van der Waals surface area contributed by atoms with E-state index in [9.17, 15) is 0 Å². The largest absolute Gasteiger partial charge is 0.357 e. The van der Waals surface area contributed by atoms with Gasteiger partial charge in [-0.1, -0.05) is 12.8 Å². The number of hydrogen-bond acceptors (Lipinski definition) is 3. The van der Waals surface area contributed by atoms with Crippen molar-refractivity contribution >= 4 is 29.9 Å². The van der Waals surface area contributed by atoms with Gasteiger partial charge in [0.2, 0.25) is 0 Å². The molecule has 0 saturated carbocycles. The summed E-state index contributed by atoms with van der Waals surface area (Å²) in [6, 6.07) is 0. The highest BCUT2D eigenvalue weighted by molar-refractivity contribution is 14.0. The van der Waals surface area contributed by atoms with Crippen LogP contribution in [0.2, 0.25) is 0 Å². The number of hydrogen-bond donors (Lipinski definition) is 2. The first-order valence-corrected chi connectivity index (χ1v) is 6.14. The fourth-order valence-electron chi connectivity index (χ4n) is 1.49. The molecule has 0 saturated heterocycles. The molecule has 0 aliphatic heterocycles. The van der Waals surface area contributed by atoms with Gasteiger partial charge in [0, 0.05) is 19.5 Å². The molecule has 19 heavy (non-hydrogen) atoms. The lowest BCUT2D eigenvalue weighted by Gasteiger charge is -2.09. The standard InChI is InChI=1S/C12H20N6.HI/c1-4-7-14-12(13-6-3)15-8-9-18-10-16-17-11(18)5-2;/h1,10H,5-9H2,2-3H3,(H2,13,14,15);1H. The van der Waals surface area contributed by atoms with Crippen LogP contribution in [0.3, 0.4) is 0 Å². The molecule has 6 nitrogen and oxygen atoms in total. The number of nitrogens with one attached hydrogen (secondary N) is 2. The van der Waals surface area contributed by atoms with E-state index in [1.54, 1.807) is 6.33 Å². The Morgan fingerprint density at radius 1 is 1.47 bits per heavy atom. The number of nitrogens with zero attached hydrogens (tertiary/aromatic N) is 4. The summed E-state index contributed by atoms with van der Waals surface area (Å²) in [5.41, 5.74) is 0. The first-order chi connectivity index (χ1) is 8.81. The molecule has 0 radical (unpaired) electrons. The van der Waals surface area contributed by atoms with Crippen LogP contribution in [0.25, 0.3) is 0 Å². The van der Waals surface area contributed by atoms with Gasteiger partial charge in [0.25, 0.3) is 0 Å². The summed E-state index contributed by atoms with van der Waals surface area (Å²) < 4.78 is 2.01. The van der Waals surface area contributed by atoms with Crippen molar-refractivity contribution < 1.29 is 0 Å². The van der Waals surface area contributed by atoms with Crippen LogP contribution < -0.4 is 10.6 Å². The van der Waals surface area contributed by atoms with E-state index in [-0.39, 0.29) is 24.0 Å². The zero-order valence-corrected chi connectivity index (χ0v) is 13.7. The minimum Gasteiger partial charge on any atom is -0.357 e. The summed E-state index contributed by atoms with van der Waals surface area (Å²) in [6.45, 7) is 6.78. The molecule has 0 aliphatic rings. The van der Waals surface area contributed by atoms with Crippen LogP contribution in [-0.2, 0) is 13.0 Å². The summed E-state index contributed by atoms with van der Waals surface area (Å²) in [5.74, 6) is 4.24. The van der Waals surface area contributed by atoms with Crippen LogP contribution in [-0.4, -0.2) is 40.4 Å². The van der Waals surface area contributed by atoms with Crippen LogP contribution in [0, 0.1) is 12.3 Å². The number of aryl methyl sites for hydroxylation is 1. The lowest BCUT2D eigenvalue weighted by Crippen LogP contribution is -2.37. The highest BCUT2D eigenvalue weighted by atomic mass is 127. The quantitative estimate of drug-likeness (QED) is 0.331. The summed E-state index contributed by atoms with van der Waals surface area (Å²) in [5, 5.41) is 14.1. The molecule has 2 N–H and O–H groups in total. The van der Waals surface area contributed by atoms with Gasteiger partial charge in [0.1, 0.15) is 12.2 Å². The molecule has 0 unspecified atom stereocenters. The maximum atomic E-state index is 5.20. The normalized spacial score (nSPS) is 10.5. The van der Waals surface area contributed by atoms with Gasteiger partial charge in [-0.15, -0.1) is 40.6 Å². The summed E-state index contributed by atoms with van der Waals surface area (Å²) in [4.78, 5) is 4.42. The predicted molar refractivity (Wildman–Crippen MR) is 87.6 cm³/mol. The van der Waals surface area contributed by atoms with Crippen LogP contribution in [0.4, 0.5) is 0 Å². The predicted octanol–water partition coefficient (Wildman–Crippen LogP) is 0.647. The van der Waals surface area contributed by atoms with E-state index in [1.807, 2.05) is 11.5 Å². The molecule has 1 heterocycles. The number of guanidine groups is 1. The van der Waals surface area contributed by atoms with Crippen LogP contribution in [0.5, 0.6) is 0 Å². The lowest BCUT2D eigenvalue weighted by molar-refractivity contribution is 0.662. The van der Waals surface area contributed by atoms with Crippen molar-refractivity contribution in [1.29, 1.82) is 0 Å². The Balaban J connectivity index is 0.00000324. The van der Waals surface area contributed by atoms with Crippen molar-refractivity contribution in [1.82, 2.24) is 25.4 Å². The molecular formula is C12H21IN6. The van der Waals surface area contributed by atoms with Gasteiger partial charge >= 0.3 is 0 Å². The highest BCUT2D eigenvalue weighted by Crippen LogP contribution is 1.95. The van der Waals surface area contributed by atoms with Gasteiger partial charge in [-0.05, 0) is 6.92 Å². The Morgan fingerprint density at radius 2 is 2.26 bits per heavy atom. The molecule has 0 fully saturated rings. The van der Waals surface area contributed by atoms with E-state index >= 15 is 0 Å². The molecule has 1 rings (SSSR count). The van der Waals surface area contributed by atoms with Crippen molar-refractivity contribution in [3.05, 3.63) is 12.2 Å².